The van der Waals surface area contributed by atoms with E-state index in [0.717, 1.165) is 4.90 Å². The van der Waals surface area contributed by atoms with Gasteiger partial charge in [-0.05, 0) is 0 Å². The van der Waals surface area contributed by atoms with Crippen molar-refractivity contribution < 1.29 is 29.3 Å². The minimum atomic E-state index is -1.12. The Morgan fingerprint density at radius 3 is 2.68 bits per heavy atom. The second-order valence-corrected chi connectivity index (χ2v) is 4.40. The Hall–Kier alpha value is -1.38. The summed E-state index contributed by atoms with van der Waals surface area (Å²) in [6, 6.07) is -1.51. The van der Waals surface area contributed by atoms with Gasteiger partial charge in [0.25, 0.3) is 0 Å². The van der Waals surface area contributed by atoms with Crippen molar-refractivity contribution in [2.75, 3.05) is 33.9 Å². The van der Waals surface area contributed by atoms with Crippen LogP contribution in [0.5, 0.6) is 0 Å². The van der Waals surface area contributed by atoms with Gasteiger partial charge in [-0.15, -0.1) is 0 Å². The maximum Gasteiger partial charge on any atom is 0.326 e. The number of rotatable bonds is 6. The van der Waals surface area contributed by atoms with E-state index in [2.05, 4.69) is 5.32 Å². The van der Waals surface area contributed by atoms with Gasteiger partial charge in [0.2, 0.25) is 0 Å². The highest BCUT2D eigenvalue weighted by Crippen LogP contribution is 2.18. The maximum absolute atomic E-state index is 11.9. The van der Waals surface area contributed by atoms with Crippen LogP contribution in [0.25, 0.3) is 0 Å². The molecule has 1 unspecified atom stereocenters. The van der Waals surface area contributed by atoms with Crippen LogP contribution in [0.15, 0.2) is 0 Å². The van der Waals surface area contributed by atoms with E-state index in [-0.39, 0.29) is 25.6 Å². The minimum absolute atomic E-state index is 0.0186. The standard InChI is InChI=1S/C11H20N2O6/c1-18-6-8(19-2)4-12-11(17)13-5-7(14)3-9(13)10(15)16/h7-9,14H,3-6H2,1-2H3,(H,12,17)(H,15,16)/t7-,8?,9+/m1/s1. The summed E-state index contributed by atoms with van der Waals surface area (Å²) < 4.78 is 9.98. The maximum atomic E-state index is 11.9. The van der Waals surface area contributed by atoms with Gasteiger partial charge in [-0.25, -0.2) is 9.59 Å². The number of carbonyl (C=O) groups is 2. The fourth-order valence-electron chi connectivity index (χ4n) is 1.97. The lowest BCUT2D eigenvalue weighted by Crippen LogP contribution is -2.48. The SMILES string of the molecule is COCC(CNC(=O)N1C[C@H](O)C[C@H]1C(=O)O)OC. The predicted octanol–water partition coefficient (Wildman–Crippen LogP) is -1.12. The van der Waals surface area contributed by atoms with E-state index in [9.17, 15) is 14.7 Å². The van der Waals surface area contributed by atoms with Gasteiger partial charge in [0.05, 0.1) is 18.8 Å². The van der Waals surface area contributed by atoms with Gasteiger partial charge < -0.3 is 29.9 Å². The van der Waals surface area contributed by atoms with Crippen LogP contribution in [0, 0.1) is 0 Å². The number of amides is 2. The lowest BCUT2D eigenvalue weighted by Gasteiger charge is -2.23. The molecule has 0 aliphatic carbocycles. The normalized spacial score (nSPS) is 24.3. The van der Waals surface area contributed by atoms with Gasteiger partial charge in [-0.3, -0.25) is 0 Å². The summed E-state index contributed by atoms with van der Waals surface area (Å²) in [6.45, 7) is 0.550. The molecule has 0 aromatic rings. The van der Waals surface area contributed by atoms with Crippen molar-refractivity contribution in [3.8, 4) is 0 Å². The number of urea groups is 1. The van der Waals surface area contributed by atoms with E-state index in [1.165, 1.54) is 14.2 Å². The molecule has 0 radical (unpaired) electrons. The molecule has 1 aliphatic rings. The zero-order valence-electron chi connectivity index (χ0n) is 11.0. The van der Waals surface area contributed by atoms with Crippen molar-refractivity contribution >= 4 is 12.0 Å². The van der Waals surface area contributed by atoms with Gasteiger partial charge in [-0.1, -0.05) is 0 Å². The molecule has 0 spiro atoms. The number of hydrogen-bond acceptors (Lipinski definition) is 5. The number of nitrogens with zero attached hydrogens (tertiary/aromatic N) is 1. The van der Waals surface area contributed by atoms with Gasteiger partial charge in [0.15, 0.2) is 0 Å². The summed E-state index contributed by atoms with van der Waals surface area (Å²) in [5, 5.41) is 21.0. The molecule has 1 aliphatic heterocycles. The number of aliphatic carboxylic acids is 1. The zero-order chi connectivity index (χ0) is 14.4. The van der Waals surface area contributed by atoms with Gasteiger partial charge >= 0.3 is 12.0 Å². The quantitative estimate of drug-likeness (QED) is 0.567. The number of methoxy groups -OCH3 is 2. The van der Waals surface area contributed by atoms with Crippen LogP contribution >= 0.6 is 0 Å². The molecule has 0 aromatic carbocycles. The number of carboxylic acids is 1. The molecular weight excluding hydrogens is 256 g/mol. The minimum Gasteiger partial charge on any atom is -0.480 e. The molecule has 0 aromatic heterocycles. The first-order valence-corrected chi connectivity index (χ1v) is 5.96. The van der Waals surface area contributed by atoms with Crippen LogP contribution in [0.2, 0.25) is 0 Å². The zero-order valence-corrected chi connectivity index (χ0v) is 11.0. The first kappa shape index (κ1) is 15.7. The second-order valence-electron chi connectivity index (χ2n) is 4.40. The molecule has 1 saturated heterocycles. The number of likely N-dealkylation sites (tertiary alicyclic amines) is 1. The molecule has 1 heterocycles. The summed E-state index contributed by atoms with van der Waals surface area (Å²) in [6.07, 6.45) is -1.05. The first-order valence-electron chi connectivity index (χ1n) is 5.96. The van der Waals surface area contributed by atoms with Crippen LogP contribution in [-0.2, 0) is 14.3 Å². The molecule has 1 fully saturated rings. The molecule has 0 bridgehead atoms. The fourth-order valence-corrected chi connectivity index (χ4v) is 1.97. The van der Waals surface area contributed by atoms with Gasteiger partial charge in [-0.2, -0.15) is 0 Å². The van der Waals surface area contributed by atoms with Crippen LogP contribution < -0.4 is 5.32 Å². The molecule has 110 valence electrons. The summed E-state index contributed by atoms with van der Waals surface area (Å²) >= 11 is 0. The van der Waals surface area contributed by atoms with E-state index < -0.39 is 24.1 Å². The van der Waals surface area contributed by atoms with E-state index in [4.69, 9.17) is 14.6 Å². The number of aliphatic hydroxyl groups is 1. The van der Waals surface area contributed by atoms with Crippen molar-refractivity contribution in [1.82, 2.24) is 10.2 Å². The van der Waals surface area contributed by atoms with E-state index in [1.54, 1.807) is 0 Å². The molecule has 2 amide bonds. The molecule has 0 saturated carbocycles. The van der Waals surface area contributed by atoms with Crippen molar-refractivity contribution in [2.45, 2.75) is 24.7 Å². The smallest absolute Gasteiger partial charge is 0.326 e. The Labute approximate surface area is 111 Å². The topological polar surface area (TPSA) is 108 Å². The predicted molar refractivity (Wildman–Crippen MR) is 64.8 cm³/mol. The Balaban J connectivity index is 2.50. The number of β-amino-alcohol motifs (C(OH)–C–C–N with tert-alkyl or cyclic N) is 1. The molecule has 3 atom stereocenters. The third kappa shape index (κ3) is 4.34. The number of aliphatic hydroxyl groups excluding tert-OH is 1. The average molecular weight is 276 g/mol. The van der Waals surface area contributed by atoms with Crippen LogP contribution in [-0.4, -0.2) is 79.3 Å². The molecule has 19 heavy (non-hydrogen) atoms. The molecular formula is C11H20N2O6. The Morgan fingerprint density at radius 2 is 2.16 bits per heavy atom. The highest BCUT2D eigenvalue weighted by atomic mass is 16.5. The highest BCUT2D eigenvalue weighted by Gasteiger charge is 2.38. The fraction of sp³-hybridized carbons (Fsp3) is 0.818. The molecule has 1 rings (SSSR count). The summed E-state index contributed by atoms with van der Waals surface area (Å²) in [5.41, 5.74) is 0. The molecule has 3 N–H and O–H groups in total. The van der Waals surface area contributed by atoms with Crippen LogP contribution in [0.4, 0.5) is 4.79 Å². The van der Waals surface area contributed by atoms with Gasteiger partial charge in [0.1, 0.15) is 6.04 Å². The summed E-state index contributed by atoms with van der Waals surface area (Å²) in [7, 11) is 3.01. The number of hydrogen-bond donors (Lipinski definition) is 3. The average Bonchev–Trinajstić information content (AvgIpc) is 2.76. The van der Waals surface area contributed by atoms with Crippen molar-refractivity contribution in [1.29, 1.82) is 0 Å². The van der Waals surface area contributed by atoms with E-state index in [1.807, 2.05) is 0 Å². The second kappa shape index (κ2) is 7.27. The molecule has 8 heteroatoms. The Morgan fingerprint density at radius 1 is 1.47 bits per heavy atom. The number of carboxylic acid groups (broad SMARTS) is 1. The lowest BCUT2D eigenvalue weighted by atomic mass is 10.2. The number of nitrogens with one attached hydrogen (secondary N) is 1. The van der Waals surface area contributed by atoms with Gasteiger partial charge in [0, 0.05) is 33.7 Å². The summed E-state index contributed by atoms with van der Waals surface area (Å²) in [5.74, 6) is -1.12. The monoisotopic (exact) mass is 276 g/mol. The highest BCUT2D eigenvalue weighted by molar-refractivity contribution is 5.83. The third-order valence-corrected chi connectivity index (χ3v) is 2.99. The van der Waals surface area contributed by atoms with E-state index >= 15 is 0 Å². The Bertz CT molecular complexity index is 324. The number of carbonyl (C=O) groups excluding carboxylic acids is 1. The molecule has 8 nitrogen and oxygen atoms in total. The number of ether oxygens (including phenoxy) is 2. The van der Waals surface area contributed by atoms with E-state index in [0.29, 0.717) is 6.61 Å². The van der Waals surface area contributed by atoms with Crippen LogP contribution in [0.3, 0.4) is 0 Å². The largest absolute Gasteiger partial charge is 0.480 e. The van der Waals surface area contributed by atoms with Crippen molar-refractivity contribution in [3.63, 3.8) is 0 Å². The third-order valence-electron chi connectivity index (χ3n) is 2.99. The lowest BCUT2D eigenvalue weighted by molar-refractivity contribution is -0.141. The summed E-state index contributed by atoms with van der Waals surface area (Å²) in [4.78, 5) is 24.0. The Kier molecular flexibility index (Phi) is 6.00. The van der Waals surface area contributed by atoms with Crippen molar-refractivity contribution in [3.05, 3.63) is 0 Å². The first-order chi connectivity index (χ1) is 8.99. The van der Waals surface area contributed by atoms with Crippen LogP contribution in [0.1, 0.15) is 6.42 Å². The van der Waals surface area contributed by atoms with Crippen molar-refractivity contribution in [2.24, 2.45) is 0 Å².